The molecule has 2 aromatic rings. The summed E-state index contributed by atoms with van der Waals surface area (Å²) in [6.45, 7) is 1.89. The van der Waals surface area contributed by atoms with Gasteiger partial charge in [0.2, 0.25) is 5.88 Å². The number of carbonyl (C=O) groups excluding carboxylic acids is 1. The number of hydrogen-bond acceptors (Lipinski definition) is 5. The summed E-state index contributed by atoms with van der Waals surface area (Å²) in [7, 11) is 1.57. The van der Waals surface area contributed by atoms with Gasteiger partial charge in [-0.05, 0) is 53.0 Å². The molecule has 1 saturated heterocycles. The van der Waals surface area contributed by atoms with E-state index in [-0.39, 0.29) is 5.57 Å². The Hall–Kier alpha value is -2.72. The zero-order valence-electron chi connectivity index (χ0n) is 14.3. The van der Waals surface area contributed by atoms with Crippen molar-refractivity contribution in [1.82, 2.24) is 0 Å². The molecule has 0 bridgehead atoms. The van der Waals surface area contributed by atoms with E-state index in [1.165, 1.54) is 6.08 Å². The third-order valence-corrected chi connectivity index (χ3v) is 4.65. The fraction of sp³-hybridized carbons (Fsp3) is 0.263. The Morgan fingerprint density at radius 3 is 2.65 bits per heavy atom. The molecule has 0 saturated carbocycles. The molecular weight excluding hydrogens is 398 g/mol. The Morgan fingerprint density at radius 2 is 2.04 bits per heavy atom. The third kappa shape index (κ3) is 4.09. The topological polar surface area (TPSA) is 78.5 Å². The molecule has 7 heteroatoms. The number of benzene rings is 1. The van der Waals surface area contributed by atoms with Gasteiger partial charge in [0.1, 0.15) is 23.2 Å². The minimum absolute atomic E-state index is 0.0324. The highest BCUT2D eigenvalue weighted by Gasteiger charge is 2.20. The average molecular weight is 416 g/mol. The molecule has 0 radical (unpaired) electrons. The molecule has 1 aromatic carbocycles. The van der Waals surface area contributed by atoms with E-state index in [0.29, 0.717) is 17.2 Å². The molecule has 1 aliphatic rings. The van der Waals surface area contributed by atoms with Gasteiger partial charge in [0.05, 0.1) is 11.6 Å². The Kier molecular flexibility index (Phi) is 5.64. The normalized spacial score (nSPS) is 14.2. The summed E-state index contributed by atoms with van der Waals surface area (Å²) in [5.74, 6) is 1.39. The van der Waals surface area contributed by atoms with Gasteiger partial charge < -0.3 is 19.4 Å². The van der Waals surface area contributed by atoms with Crippen LogP contribution < -0.4 is 15.0 Å². The molecule has 1 N–H and O–H groups in total. The van der Waals surface area contributed by atoms with Crippen molar-refractivity contribution < 1.29 is 13.9 Å². The van der Waals surface area contributed by atoms with Crippen molar-refractivity contribution >= 4 is 39.5 Å². The summed E-state index contributed by atoms with van der Waals surface area (Å²) in [5, 5.41) is 12.0. The molecular formula is C19H18BrN3O3. The monoisotopic (exact) mass is 415 g/mol. The average Bonchev–Trinajstić information content (AvgIpc) is 3.29. The summed E-state index contributed by atoms with van der Waals surface area (Å²) < 4.78 is 11.7. The Bertz CT molecular complexity index is 859. The maximum Gasteiger partial charge on any atom is 0.266 e. The van der Waals surface area contributed by atoms with Gasteiger partial charge in [0.15, 0.2) is 0 Å². The quantitative estimate of drug-likeness (QED) is 0.584. The second-order valence-corrected chi connectivity index (χ2v) is 6.70. The molecule has 1 aliphatic heterocycles. The fourth-order valence-electron chi connectivity index (χ4n) is 2.75. The molecule has 3 rings (SSSR count). The number of amides is 1. The zero-order chi connectivity index (χ0) is 18.5. The maximum absolute atomic E-state index is 12.4. The van der Waals surface area contributed by atoms with E-state index in [1.807, 2.05) is 6.07 Å². The Labute approximate surface area is 160 Å². The van der Waals surface area contributed by atoms with Crippen molar-refractivity contribution in [2.45, 2.75) is 12.8 Å². The first-order valence-electron chi connectivity index (χ1n) is 8.22. The van der Waals surface area contributed by atoms with Crippen LogP contribution in [0.25, 0.3) is 6.08 Å². The smallest absolute Gasteiger partial charge is 0.266 e. The number of hydrogen-bond donors (Lipinski definition) is 1. The van der Waals surface area contributed by atoms with Crippen LogP contribution >= 0.6 is 15.9 Å². The number of methoxy groups -OCH3 is 1. The van der Waals surface area contributed by atoms with Crippen molar-refractivity contribution in [2.75, 3.05) is 30.4 Å². The minimum atomic E-state index is -0.493. The number of nitriles is 1. The van der Waals surface area contributed by atoms with Crippen LogP contribution in [0.1, 0.15) is 18.6 Å². The lowest BCUT2D eigenvalue weighted by Gasteiger charge is -2.13. The first-order valence-corrected chi connectivity index (χ1v) is 9.01. The molecule has 2 heterocycles. The number of nitrogens with zero attached hydrogens (tertiary/aromatic N) is 2. The number of halogens is 1. The fourth-order valence-corrected chi connectivity index (χ4v) is 3.30. The van der Waals surface area contributed by atoms with E-state index in [0.717, 1.165) is 36.3 Å². The zero-order valence-corrected chi connectivity index (χ0v) is 15.9. The van der Waals surface area contributed by atoms with E-state index in [1.54, 1.807) is 37.4 Å². The van der Waals surface area contributed by atoms with Crippen molar-refractivity contribution in [3.8, 4) is 11.8 Å². The lowest BCUT2D eigenvalue weighted by atomic mass is 10.2. The maximum atomic E-state index is 12.4. The lowest BCUT2D eigenvalue weighted by molar-refractivity contribution is -0.112. The Morgan fingerprint density at radius 1 is 1.35 bits per heavy atom. The molecule has 0 spiro atoms. The standard InChI is InChI=1S/C19H18BrN3O3/c1-25-15-6-4-14(5-7-15)22-18(24)13(12-21)10-16-11-17(20)19(26-16)23-8-2-3-9-23/h4-7,10-11H,2-3,8-9H2,1H3,(H,22,24)/b13-10-. The van der Waals surface area contributed by atoms with Gasteiger partial charge in [0, 0.05) is 30.9 Å². The van der Waals surface area contributed by atoms with Crippen LogP contribution in [0, 0.1) is 11.3 Å². The molecule has 134 valence electrons. The predicted molar refractivity (Wildman–Crippen MR) is 103 cm³/mol. The van der Waals surface area contributed by atoms with Crippen molar-refractivity contribution in [3.63, 3.8) is 0 Å². The van der Waals surface area contributed by atoms with E-state index < -0.39 is 5.91 Å². The molecule has 26 heavy (non-hydrogen) atoms. The highest BCUT2D eigenvalue weighted by Crippen LogP contribution is 2.33. The first-order chi connectivity index (χ1) is 12.6. The SMILES string of the molecule is COc1ccc(NC(=O)/C(C#N)=C\c2cc(Br)c(N3CCCC3)o2)cc1. The van der Waals surface area contributed by atoms with E-state index in [4.69, 9.17) is 9.15 Å². The first kappa shape index (κ1) is 18.1. The van der Waals surface area contributed by atoms with Gasteiger partial charge in [-0.2, -0.15) is 5.26 Å². The molecule has 1 amide bonds. The van der Waals surface area contributed by atoms with Gasteiger partial charge in [-0.25, -0.2) is 0 Å². The predicted octanol–water partition coefficient (Wildman–Crippen LogP) is 4.20. The highest BCUT2D eigenvalue weighted by molar-refractivity contribution is 9.10. The number of rotatable bonds is 5. The Balaban J connectivity index is 1.75. The molecule has 0 unspecified atom stereocenters. The molecule has 6 nitrogen and oxygen atoms in total. The number of ether oxygens (including phenoxy) is 1. The van der Waals surface area contributed by atoms with Crippen LogP contribution in [0.3, 0.4) is 0 Å². The van der Waals surface area contributed by atoms with Crippen molar-refractivity contribution in [1.29, 1.82) is 5.26 Å². The van der Waals surface area contributed by atoms with Gasteiger partial charge in [0.25, 0.3) is 5.91 Å². The summed E-state index contributed by atoms with van der Waals surface area (Å²) in [6.07, 6.45) is 3.71. The van der Waals surface area contributed by atoms with Crippen LogP contribution in [-0.4, -0.2) is 26.1 Å². The van der Waals surface area contributed by atoms with Crippen LogP contribution in [-0.2, 0) is 4.79 Å². The highest BCUT2D eigenvalue weighted by atomic mass is 79.9. The molecule has 0 atom stereocenters. The summed E-state index contributed by atoms with van der Waals surface area (Å²) in [5.41, 5.74) is 0.547. The number of nitrogens with one attached hydrogen (secondary N) is 1. The van der Waals surface area contributed by atoms with Gasteiger partial charge in [-0.1, -0.05) is 0 Å². The summed E-state index contributed by atoms with van der Waals surface area (Å²) in [6, 6.07) is 10.6. The number of furan rings is 1. The molecule has 0 aliphatic carbocycles. The van der Waals surface area contributed by atoms with E-state index in [9.17, 15) is 10.1 Å². The number of anilines is 2. The van der Waals surface area contributed by atoms with Crippen LogP contribution in [0.15, 0.2) is 44.8 Å². The second kappa shape index (κ2) is 8.11. The van der Waals surface area contributed by atoms with Gasteiger partial charge >= 0.3 is 0 Å². The molecule has 1 fully saturated rings. The van der Waals surface area contributed by atoms with E-state index in [2.05, 4.69) is 26.1 Å². The minimum Gasteiger partial charge on any atom is -0.497 e. The summed E-state index contributed by atoms with van der Waals surface area (Å²) >= 11 is 3.48. The number of carbonyl (C=O) groups is 1. The molecule has 1 aromatic heterocycles. The van der Waals surface area contributed by atoms with Gasteiger partial charge in [-0.3, -0.25) is 4.79 Å². The van der Waals surface area contributed by atoms with Crippen LogP contribution in [0.4, 0.5) is 11.6 Å². The lowest BCUT2D eigenvalue weighted by Crippen LogP contribution is -2.17. The van der Waals surface area contributed by atoms with Crippen molar-refractivity contribution in [3.05, 3.63) is 46.1 Å². The van der Waals surface area contributed by atoms with Crippen molar-refractivity contribution in [2.24, 2.45) is 0 Å². The van der Waals surface area contributed by atoms with Gasteiger partial charge in [-0.15, -0.1) is 0 Å². The second-order valence-electron chi connectivity index (χ2n) is 5.85. The largest absolute Gasteiger partial charge is 0.497 e. The third-order valence-electron chi connectivity index (χ3n) is 4.08. The van der Waals surface area contributed by atoms with Crippen LogP contribution in [0.2, 0.25) is 0 Å². The van der Waals surface area contributed by atoms with E-state index >= 15 is 0 Å². The summed E-state index contributed by atoms with van der Waals surface area (Å²) in [4.78, 5) is 14.5. The van der Waals surface area contributed by atoms with Crippen LogP contribution in [0.5, 0.6) is 5.75 Å².